The molecule has 9 heteroatoms. The highest BCUT2D eigenvalue weighted by atomic mass is 16.5. The Labute approximate surface area is 219 Å². The van der Waals surface area contributed by atoms with Crippen molar-refractivity contribution >= 4 is 17.6 Å². The van der Waals surface area contributed by atoms with Crippen molar-refractivity contribution in [3.8, 4) is 17.2 Å². The van der Waals surface area contributed by atoms with Crippen LogP contribution in [0, 0.1) is 0 Å². The molecule has 1 aromatic heterocycles. The Hall–Kier alpha value is -5.05. The number of ether oxygens (including phenoxy) is 3. The highest BCUT2D eigenvalue weighted by molar-refractivity contribution is 6.01. The number of carboxylic acids is 1. The van der Waals surface area contributed by atoms with E-state index in [1.54, 1.807) is 56.5 Å². The number of rotatable bonds is 11. The van der Waals surface area contributed by atoms with E-state index in [0.717, 1.165) is 11.1 Å². The van der Waals surface area contributed by atoms with Crippen molar-refractivity contribution in [2.24, 2.45) is 5.10 Å². The molecule has 1 amide bonds. The van der Waals surface area contributed by atoms with Crippen molar-refractivity contribution in [1.82, 2.24) is 5.43 Å². The molecule has 1 heterocycles. The van der Waals surface area contributed by atoms with Gasteiger partial charge in [0.1, 0.15) is 36.2 Å². The van der Waals surface area contributed by atoms with Crippen LogP contribution in [0.4, 0.5) is 0 Å². The van der Waals surface area contributed by atoms with Crippen LogP contribution in [0.25, 0.3) is 0 Å². The Morgan fingerprint density at radius 2 is 1.58 bits per heavy atom. The first-order chi connectivity index (χ1) is 18.4. The average molecular weight is 515 g/mol. The lowest BCUT2D eigenvalue weighted by Crippen LogP contribution is -2.19. The van der Waals surface area contributed by atoms with Crippen molar-refractivity contribution in [3.05, 3.63) is 113 Å². The van der Waals surface area contributed by atoms with E-state index in [1.165, 1.54) is 6.07 Å². The number of aromatic carboxylic acids is 1. The van der Waals surface area contributed by atoms with E-state index in [0.29, 0.717) is 40.9 Å². The molecule has 0 bridgehead atoms. The molecule has 3 aromatic carbocycles. The summed E-state index contributed by atoms with van der Waals surface area (Å²) in [5.74, 6) is 0.747. The number of nitrogens with zero attached hydrogens (tertiary/aromatic N) is 1. The van der Waals surface area contributed by atoms with Crippen LogP contribution in [0.3, 0.4) is 0 Å². The zero-order valence-electron chi connectivity index (χ0n) is 20.8. The number of hydrogen-bond acceptors (Lipinski definition) is 7. The van der Waals surface area contributed by atoms with Gasteiger partial charge >= 0.3 is 5.97 Å². The molecule has 0 fully saturated rings. The largest absolute Gasteiger partial charge is 0.497 e. The second-order valence-corrected chi connectivity index (χ2v) is 8.19. The first kappa shape index (κ1) is 26.0. The van der Waals surface area contributed by atoms with Gasteiger partial charge in [0, 0.05) is 11.6 Å². The topological polar surface area (TPSA) is 120 Å². The fourth-order valence-corrected chi connectivity index (χ4v) is 3.44. The molecule has 0 radical (unpaired) electrons. The highest BCUT2D eigenvalue weighted by Crippen LogP contribution is 2.20. The molecule has 0 aliphatic heterocycles. The number of carboxylic acid groups (broad SMARTS) is 1. The van der Waals surface area contributed by atoms with E-state index in [1.807, 2.05) is 36.4 Å². The minimum Gasteiger partial charge on any atom is -0.497 e. The summed E-state index contributed by atoms with van der Waals surface area (Å²) in [5, 5.41) is 13.1. The molecule has 0 saturated carbocycles. The van der Waals surface area contributed by atoms with Crippen LogP contribution in [-0.4, -0.2) is 29.8 Å². The molecule has 0 atom stereocenters. The molecule has 2 N–H and O–H groups in total. The van der Waals surface area contributed by atoms with Crippen molar-refractivity contribution in [1.29, 1.82) is 0 Å². The molecule has 194 valence electrons. The van der Waals surface area contributed by atoms with Crippen LogP contribution in [0.15, 0.2) is 94.4 Å². The molecule has 4 aromatic rings. The number of nitrogens with one attached hydrogen (secondary N) is 1. The lowest BCUT2D eigenvalue weighted by atomic mass is 10.1. The minimum absolute atomic E-state index is 0.0966. The molecule has 4 rings (SSSR count). The molecule has 0 aliphatic rings. The monoisotopic (exact) mass is 514 g/mol. The zero-order chi connectivity index (χ0) is 26.9. The summed E-state index contributed by atoms with van der Waals surface area (Å²) >= 11 is 0. The standard InChI is InChI=1S/C29H26N2O7/c1-19(21-9-11-23(12-10-21)37-18-26-13-14-27(38-26)29(33)34)30-31-28(32)22-6-3-5-20(15-22)17-36-25-8-4-7-24(16-25)35-2/h3-16H,17-18H2,1-2H3,(H,31,32)(H,33,34). The number of furan rings is 1. The molecule has 0 unspecified atom stereocenters. The van der Waals surface area contributed by atoms with Crippen LogP contribution in [-0.2, 0) is 13.2 Å². The SMILES string of the molecule is COc1cccc(OCc2cccc(C(=O)NN=C(C)c3ccc(OCc4ccc(C(=O)O)o4)cc3)c2)c1. The van der Waals surface area contributed by atoms with Crippen molar-refractivity contribution in [3.63, 3.8) is 0 Å². The molecular weight excluding hydrogens is 488 g/mol. The molecule has 9 nitrogen and oxygen atoms in total. The van der Waals surface area contributed by atoms with Crippen LogP contribution >= 0.6 is 0 Å². The maximum Gasteiger partial charge on any atom is 0.371 e. The van der Waals surface area contributed by atoms with E-state index in [2.05, 4.69) is 10.5 Å². The number of hydrazone groups is 1. The summed E-state index contributed by atoms with van der Waals surface area (Å²) < 4.78 is 21.8. The zero-order valence-corrected chi connectivity index (χ0v) is 20.8. The van der Waals surface area contributed by atoms with Crippen LogP contribution < -0.4 is 19.6 Å². The van der Waals surface area contributed by atoms with Gasteiger partial charge in [0.25, 0.3) is 5.91 Å². The third kappa shape index (κ3) is 7.01. The number of methoxy groups -OCH3 is 1. The van der Waals surface area contributed by atoms with Gasteiger partial charge in [0.05, 0.1) is 12.8 Å². The van der Waals surface area contributed by atoms with Crippen LogP contribution in [0.2, 0.25) is 0 Å². The van der Waals surface area contributed by atoms with Crippen LogP contribution in [0.1, 0.15) is 44.7 Å². The summed E-state index contributed by atoms with van der Waals surface area (Å²) in [7, 11) is 1.60. The van der Waals surface area contributed by atoms with Gasteiger partial charge in [-0.25, -0.2) is 10.2 Å². The predicted octanol–water partition coefficient (Wildman–Crippen LogP) is 5.30. The second kappa shape index (κ2) is 12.3. The van der Waals surface area contributed by atoms with Gasteiger partial charge in [-0.3, -0.25) is 4.79 Å². The summed E-state index contributed by atoms with van der Waals surface area (Å²) in [5.41, 5.74) is 5.29. The van der Waals surface area contributed by atoms with Crippen LogP contribution in [0.5, 0.6) is 17.2 Å². The number of carbonyl (C=O) groups excluding carboxylic acids is 1. The summed E-state index contributed by atoms with van der Waals surface area (Å²) in [6.45, 7) is 2.18. The normalized spacial score (nSPS) is 11.1. The Balaban J connectivity index is 1.30. The summed E-state index contributed by atoms with van der Waals surface area (Å²) in [6, 6.07) is 24.5. The Morgan fingerprint density at radius 1 is 0.842 bits per heavy atom. The van der Waals surface area contributed by atoms with Crippen molar-refractivity contribution < 1.29 is 33.3 Å². The summed E-state index contributed by atoms with van der Waals surface area (Å²) in [6.07, 6.45) is 0. The Bertz CT molecular complexity index is 1440. The third-order valence-corrected chi connectivity index (χ3v) is 5.49. The Morgan fingerprint density at radius 3 is 2.32 bits per heavy atom. The van der Waals surface area contributed by atoms with Crippen molar-refractivity contribution in [2.75, 3.05) is 7.11 Å². The van der Waals surface area contributed by atoms with Gasteiger partial charge < -0.3 is 23.7 Å². The van der Waals surface area contributed by atoms with E-state index in [-0.39, 0.29) is 18.3 Å². The van der Waals surface area contributed by atoms with E-state index < -0.39 is 5.97 Å². The Kier molecular flexibility index (Phi) is 8.40. The lowest BCUT2D eigenvalue weighted by molar-refractivity contribution is 0.0658. The minimum atomic E-state index is -1.13. The number of amides is 1. The molecule has 0 aliphatic carbocycles. The van der Waals surface area contributed by atoms with Gasteiger partial charge in [-0.05, 0) is 78.7 Å². The maximum atomic E-state index is 12.7. The molecular formula is C29H26N2O7. The first-order valence-electron chi connectivity index (χ1n) is 11.7. The highest BCUT2D eigenvalue weighted by Gasteiger charge is 2.10. The van der Waals surface area contributed by atoms with Gasteiger partial charge in [0.2, 0.25) is 5.76 Å². The fourth-order valence-electron chi connectivity index (χ4n) is 3.44. The lowest BCUT2D eigenvalue weighted by Gasteiger charge is -2.09. The molecule has 0 saturated heterocycles. The fraction of sp³-hybridized carbons (Fsp3) is 0.138. The van der Waals surface area contributed by atoms with E-state index in [4.69, 9.17) is 23.7 Å². The molecule has 0 spiro atoms. The third-order valence-electron chi connectivity index (χ3n) is 5.49. The second-order valence-electron chi connectivity index (χ2n) is 8.19. The molecule has 38 heavy (non-hydrogen) atoms. The van der Waals surface area contributed by atoms with Crippen molar-refractivity contribution in [2.45, 2.75) is 20.1 Å². The van der Waals surface area contributed by atoms with Gasteiger partial charge in [-0.15, -0.1) is 0 Å². The first-order valence-corrected chi connectivity index (χ1v) is 11.7. The number of hydrogen-bond donors (Lipinski definition) is 2. The predicted molar refractivity (Wildman–Crippen MR) is 140 cm³/mol. The van der Waals surface area contributed by atoms with E-state index in [9.17, 15) is 9.59 Å². The maximum absolute atomic E-state index is 12.7. The van der Waals surface area contributed by atoms with Gasteiger partial charge in [0.15, 0.2) is 0 Å². The number of benzene rings is 3. The smallest absolute Gasteiger partial charge is 0.371 e. The van der Waals surface area contributed by atoms with Gasteiger partial charge in [-0.2, -0.15) is 5.10 Å². The van der Waals surface area contributed by atoms with E-state index >= 15 is 0 Å². The quantitative estimate of drug-likeness (QED) is 0.206. The number of carbonyl (C=O) groups is 2. The summed E-state index contributed by atoms with van der Waals surface area (Å²) in [4.78, 5) is 23.6. The van der Waals surface area contributed by atoms with Gasteiger partial charge in [-0.1, -0.05) is 18.2 Å². The average Bonchev–Trinajstić information content (AvgIpc) is 3.44.